The monoisotopic (exact) mass is 357 g/mol. The number of nitrogens with one attached hydrogen (secondary N) is 1. The lowest BCUT2D eigenvalue weighted by Crippen LogP contribution is -2.40. The first-order chi connectivity index (χ1) is 10.9. The molecule has 0 radical (unpaired) electrons. The summed E-state index contributed by atoms with van der Waals surface area (Å²) in [5.74, 6) is 1.65. The highest BCUT2D eigenvalue weighted by Crippen LogP contribution is 2.16. The van der Waals surface area contributed by atoms with Crippen LogP contribution in [0.1, 0.15) is 18.9 Å². The molecule has 1 N–H and O–H groups in total. The van der Waals surface area contributed by atoms with Gasteiger partial charge in [-0.1, -0.05) is 17.7 Å². The molecular weight excluding hydrogens is 334 g/mol. The summed E-state index contributed by atoms with van der Waals surface area (Å²) in [5, 5.41) is 2.60. The number of ether oxygens (including phenoxy) is 1. The first-order valence-corrected chi connectivity index (χ1v) is 10.5. The third kappa shape index (κ3) is 6.06. The smallest absolute Gasteiger partial charge is 0.233 e. The highest BCUT2D eigenvalue weighted by atomic mass is 32.2. The van der Waals surface area contributed by atoms with Crippen LogP contribution >= 0.6 is 11.8 Å². The number of thioether (sulfide) groups is 1. The van der Waals surface area contributed by atoms with Crippen LogP contribution in [0.15, 0.2) is 24.3 Å². The molecule has 7 heteroatoms. The second-order valence-electron chi connectivity index (χ2n) is 5.78. The van der Waals surface area contributed by atoms with Crippen LogP contribution in [0.25, 0.3) is 0 Å². The maximum absolute atomic E-state index is 12.0. The Bertz CT molecular complexity index is 628. The van der Waals surface area contributed by atoms with E-state index in [1.54, 1.807) is 0 Å². The van der Waals surface area contributed by atoms with E-state index in [9.17, 15) is 13.2 Å². The molecule has 0 saturated carbocycles. The zero-order chi connectivity index (χ0) is 16.9. The van der Waals surface area contributed by atoms with Crippen molar-refractivity contribution in [3.8, 4) is 5.75 Å². The van der Waals surface area contributed by atoms with E-state index in [1.165, 1.54) is 17.3 Å². The molecule has 5 nitrogen and oxygen atoms in total. The molecule has 0 spiro atoms. The number of amides is 1. The molecule has 1 heterocycles. The number of sulfone groups is 1. The number of hydrogen-bond acceptors (Lipinski definition) is 5. The van der Waals surface area contributed by atoms with Gasteiger partial charge in [0.15, 0.2) is 9.84 Å². The average molecular weight is 357 g/mol. The fourth-order valence-corrected chi connectivity index (χ4v) is 4.75. The number of aryl methyl sites for hydroxylation is 1. The van der Waals surface area contributed by atoms with E-state index in [-0.39, 0.29) is 28.7 Å². The molecule has 0 aromatic heterocycles. The van der Waals surface area contributed by atoms with E-state index in [1.807, 2.05) is 38.1 Å². The third-order valence-corrected chi connectivity index (χ3v) is 6.57. The van der Waals surface area contributed by atoms with Gasteiger partial charge in [-0.25, -0.2) is 8.42 Å². The van der Waals surface area contributed by atoms with Crippen molar-refractivity contribution in [1.82, 2.24) is 5.32 Å². The molecule has 2 unspecified atom stereocenters. The fourth-order valence-electron chi connectivity index (χ4n) is 2.32. The van der Waals surface area contributed by atoms with Gasteiger partial charge >= 0.3 is 0 Å². The number of carbonyl (C=O) groups is 1. The van der Waals surface area contributed by atoms with Crippen molar-refractivity contribution in [2.75, 3.05) is 23.9 Å². The van der Waals surface area contributed by atoms with Gasteiger partial charge < -0.3 is 10.1 Å². The maximum Gasteiger partial charge on any atom is 0.233 e. The minimum Gasteiger partial charge on any atom is -0.493 e. The highest BCUT2D eigenvalue weighted by Gasteiger charge is 2.29. The summed E-state index contributed by atoms with van der Waals surface area (Å²) in [4.78, 5) is 12.0. The summed E-state index contributed by atoms with van der Waals surface area (Å²) in [6, 6.07) is 7.61. The number of hydrogen-bond donors (Lipinski definition) is 1. The van der Waals surface area contributed by atoms with Crippen molar-refractivity contribution in [2.45, 2.75) is 31.6 Å². The fraction of sp³-hybridized carbons (Fsp3) is 0.562. The molecule has 2 rings (SSSR count). The standard InChI is InChI=1S/C16H23NO4S2/c1-12-3-5-15(6-4-12)21-8-9-22-13(2)16(18)17-14-7-10-23(19,20)11-14/h3-6,13-14H,7-11H2,1-2H3,(H,17,18). The molecule has 0 bridgehead atoms. The summed E-state index contributed by atoms with van der Waals surface area (Å²) in [6.07, 6.45) is 0.516. The highest BCUT2D eigenvalue weighted by molar-refractivity contribution is 8.00. The lowest BCUT2D eigenvalue weighted by molar-refractivity contribution is -0.120. The molecular formula is C16H23NO4S2. The quantitative estimate of drug-likeness (QED) is 0.754. The minimum atomic E-state index is -2.96. The molecule has 2 atom stereocenters. The number of rotatable bonds is 7. The van der Waals surface area contributed by atoms with Crippen LogP contribution in [-0.4, -0.2) is 49.5 Å². The van der Waals surface area contributed by atoms with Gasteiger partial charge in [0, 0.05) is 11.8 Å². The molecule has 23 heavy (non-hydrogen) atoms. The average Bonchev–Trinajstić information content (AvgIpc) is 2.84. The van der Waals surface area contributed by atoms with Crippen molar-refractivity contribution < 1.29 is 17.9 Å². The molecule has 1 aliphatic rings. The zero-order valence-corrected chi connectivity index (χ0v) is 15.1. The second kappa shape index (κ2) is 8.06. The van der Waals surface area contributed by atoms with E-state index in [0.29, 0.717) is 18.8 Å². The van der Waals surface area contributed by atoms with Crippen molar-refractivity contribution in [2.24, 2.45) is 0 Å². The normalized spacial score (nSPS) is 20.9. The van der Waals surface area contributed by atoms with Gasteiger partial charge in [-0.15, -0.1) is 11.8 Å². The Morgan fingerprint density at radius 2 is 2.09 bits per heavy atom. The van der Waals surface area contributed by atoms with Crippen molar-refractivity contribution in [1.29, 1.82) is 0 Å². The van der Waals surface area contributed by atoms with Crippen LogP contribution in [0.2, 0.25) is 0 Å². The van der Waals surface area contributed by atoms with Crippen LogP contribution in [0.3, 0.4) is 0 Å². The molecule has 0 aliphatic carbocycles. The Morgan fingerprint density at radius 1 is 1.39 bits per heavy atom. The van der Waals surface area contributed by atoms with Crippen LogP contribution in [0, 0.1) is 6.92 Å². The van der Waals surface area contributed by atoms with Gasteiger partial charge in [-0.05, 0) is 32.4 Å². The molecule has 1 saturated heterocycles. The summed E-state index contributed by atoms with van der Waals surface area (Å²) in [5.41, 5.74) is 1.19. The van der Waals surface area contributed by atoms with Crippen molar-refractivity contribution >= 4 is 27.5 Å². The largest absolute Gasteiger partial charge is 0.493 e. The molecule has 128 valence electrons. The predicted molar refractivity (Wildman–Crippen MR) is 93.8 cm³/mol. The van der Waals surface area contributed by atoms with Gasteiger partial charge in [0.2, 0.25) is 5.91 Å². The molecule has 1 amide bonds. The first-order valence-electron chi connectivity index (χ1n) is 7.67. The van der Waals surface area contributed by atoms with E-state index < -0.39 is 9.84 Å². The van der Waals surface area contributed by atoms with Crippen LogP contribution in [0.5, 0.6) is 5.75 Å². The van der Waals surface area contributed by atoms with Crippen molar-refractivity contribution in [3.05, 3.63) is 29.8 Å². The molecule has 1 aliphatic heterocycles. The topological polar surface area (TPSA) is 72.5 Å². The Balaban J connectivity index is 1.65. The van der Waals surface area contributed by atoms with Gasteiger partial charge in [0.25, 0.3) is 0 Å². The third-order valence-electron chi connectivity index (χ3n) is 3.69. The van der Waals surface area contributed by atoms with Crippen LogP contribution in [0.4, 0.5) is 0 Å². The Morgan fingerprint density at radius 3 is 2.70 bits per heavy atom. The molecule has 1 fully saturated rings. The van der Waals surface area contributed by atoms with E-state index in [2.05, 4.69) is 5.32 Å². The first kappa shape index (κ1) is 18.1. The summed E-state index contributed by atoms with van der Waals surface area (Å²) in [7, 11) is -2.96. The second-order valence-corrected chi connectivity index (χ2v) is 9.46. The SMILES string of the molecule is Cc1ccc(OCCSC(C)C(=O)NC2CCS(=O)(=O)C2)cc1. The number of carbonyl (C=O) groups excluding carboxylic acids is 1. The Kier molecular flexibility index (Phi) is 6.35. The van der Waals surface area contributed by atoms with E-state index in [4.69, 9.17) is 4.74 Å². The maximum atomic E-state index is 12.0. The Labute approximate surface area is 142 Å². The summed E-state index contributed by atoms with van der Waals surface area (Å²) < 4.78 is 28.4. The lowest BCUT2D eigenvalue weighted by Gasteiger charge is -2.15. The number of benzene rings is 1. The molecule has 1 aromatic rings. The lowest BCUT2D eigenvalue weighted by atomic mass is 10.2. The van der Waals surface area contributed by atoms with Gasteiger partial charge in [-0.2, -0.15) is 0 Å². The molecule has 1 aromatic carbocycles. The van der Waals surface area contributed by atoms with Gasteiger partial charge in [0.05, 0.1) is 23.4 Å². The zero-order valence-electron chi connectivity index (χ0n) is 13.4. The van der Waals surface area contributed by atoms with E-state index >= 15 is 0 Å². The summed E-state index contributed by atoms with van der Waals surface area (Å²) in [6.45, 7) is 4.38. The van der Waals surface area contributed by atoms with E-state index in [0.717, 1.165) is 5.75 Å². The summed E-state index contributed by atoms with van der Waals surface area (Å²) >= 11 is 1.50. The predicted octanol–water partition coefficient (Wildman–Crippen LogP) is 1.80. The van der Waals surface area contributed by atoms with Gasteiger partial charge in [-0.3, -0.25) is 4.79 Å². The van der Waals surface area contributed by atoms with Gasteiger partial charge in [0.1, 0.15) is 5.75 Å². The van der Waals surface area contributed by atoms with Crippen molar-refractivity contribution in [3.63, 3.8) is 0 Å². The van der Waals surface area contributed by atoms with Crippen LogP contribution in [-0.2, 0) is 14.6 Å². The Hall–Kier alpha value is -1.21. The minimum absolute atomic E-state index is 0.0622. The van der Waals surface area contributed by atoms with Crippen LogP contribution < -0.4 is 10.1 Å².